The molecule has 0 radical (unpaired) electrons. The summed E-state index contributed by atoms with van der Waals surface area (Å²) in [6, 6.07) is 5.62. The predicted octanol–water partition coefficient (Wildman–Crippen LogP) is 4.50. The molecule has 1 aromatic heterocycles. The molecule has 2 aromatic rings. The maximum Gasteiger partial charge on any atom is 0.263 e. The van der Waals surface area contributed by atoms with E-state index in [-0.39, 0.29) is 16.5 Å². The van der Waals surface area contributed by atoms with Crippen molar-refractivity contribution in [2.75, 3.05) is 14.2 Å². The van der Waals surface area contributed by atoms with E-state index < -0.39 is 12.3 Å². The van der Waals surface area contributed by atoms with Crippen LogP contribution >= 0.6 is 11.8 Å². The van der Waals surface area contributed by atoms with Gasteiger partial charge in [0.25, 0.3) is 12.3 Å². The highest BCUT2D eigenvalue weighted by Crippen LogP contribution is 2.35. The Kier molecular flexibility index (Phi) is 6.61. The molecule has 6 nitrogen and oxygen atoms in total. The fourth-order valence-electron chi connectivity index (χ4n) is 3.36. The van der Waals surface area contributed by atoms with Crippen molar-refractivity contribution in [3.8, 4) is 28.7 Å². The number of halogens is 2. The third-order valence-electron chi connectivity index (χ3n) is 5.38. The number of amidine groups is 1. The van der Waals surface area contributed by atoms with E-state index in [0.717, 1.165) is 12.8 Å². The summed E-state index contributed by atoms with van der Waals surface area (Å²) in [5.41, 5.74) is 0.870. The molecule has 9 heteroatoms. The van der Waals surface area contributed by atoms with Gasteiger partial charge in [0, 0.05) is 42.0 Å². The highest BCUT2D eigenvalue weighted by molar-refractivity contribution is 8.14. The predicted molar refractivity (Wildman–Crippen MR) is 120 cm³/mol. The normalized spacial score (nSPS) is 18.0. The Morgan fingerprint density at radius 3 is 2.78 bits per heavy atom. The van der Waals surface area contributed by atoms with Gasteiger partial charge in [0.15, 0.2) is 10.5 Å². The lowest BCUT2D eigenvalue weighted by molar-refractivity contribution is 0.0978. The number of amides is 1. The minimum Gasteiger partial charge on any atom is -0.496 e. The zero-order valence-corrected chi connectivity index (χ0v) is 18.5. The van der Waals surface area contributed by atoms with Crippen molar-refractivity contribution in [3.63, 3.8) is 0 Å². The van der Waals surface area contributed by atoms with Crippen molar-refractivity contribution in [3.05, 3.63) is 47.8 Å². The van der Waals surface area contributed by atoms with Gasteiger partial charge in [-0.15, -0.1) is 0 Å². The van der Waals surface area contributed by atoms with E-state index in [4.69, 9.17) is 4.74 Å². The van der Waals surface area contributed by atoms with Gasteiger partial charge in [0.05, 0.1) is 12.7 Å². The van der Waals surface area contributed by atoms with E-state index in [1.165, 1.54) is 62.0 Å². The SMILES string of the molecule is COc1ccc(C(F)F)cc1-c1cnccc1C(=O)NC1=NN(C)C(C#CC2CCC2)S1. The minimum absolute atomic E-state index is 0.161. The standard InChI is InChI=1S/C23H22F2N4O2S/c1-29-20(9-6-14-4-3-5-14)32-23(28-29)27-22(30)16-10-11-26-13-18(16)17-12-15(21(24)25)7-8-19(17)31-2/h7-8,10-14,20-21H,3-5H2,1-2H3,(H,27,28,30). The number of rotatable bonds is 4. The molecule has 1 saturated carbocycles. The summed E-state index contributed by atoms with van der Waals surface area (Å²) in [6.45, 7) is 0. The number of thioether (sulfide) groups is 1. The van der Waals surface area contributed by atoms with Gasteiger partial charge in [-0.1, -0.05) is 18.3 Å². The number of hydrogen-bond acceptors (Lipinski definition) is 6. The molecule has 166 valence electrons. The molecule has 32 heavy (non-hydrogen) atoms. The molecule has 1 aliphatic carbocycles. The number of aromatic nitrogens is 1. The van der Waals surface area contributed by atoms with E-state index in [1.807, 2.05) is 7.05 Å². The maximum absolute atomic E-state index is 13.3. The average Bonchev–Trinajstić information content (AvgIpc) is 3.10. The Hall–Kier alpha value is -3.12. The molecule has 1 aliphatic heterocycles. The van der Waals surface area contributed by atoms with Crippen molar-refractivity contribution in [2.45, 2.75) is 31.1 Å². The van der Waals surface area contributed by atoms with Crippen LogP contribution in [0.5, 0.6) is 5.75 Å². The molecule has 1 unspecified atom stereocenters. The Morgan fingerprint density at radius 2 is 2.09 bits per heavy atom. The van der Waals surface area contributed by atoms with Gasteiger partial charge < -0.3 is 4.74 Å². The van der Waals surface area contributed by atoms with Crippen LogP contribution in [0, 0.1) is 17.8 Å². The molecule has 2 heterocycles. The number of alkyl halides is 2. The van der Waals surface area contributed by atoms with Crippen LogP contribution in [0.2, 0.25) is 0 Å². The van der Waals surface area contributed by atoms with Gasteiger partial charge in [-0.3, -0.25) is 20.1 Å². The minimum atomic E-state index is -2.65. The topological polar surface area (TPSA) is 66.8 Å². The van der Waals surface area contributed by atoms with Crippen LogP contribution in [0.25, 0.3) is 11.1 Å². The van der Waals surface area contributed by atoms with Crippen LogP contribution in [0.4, 0.5) is 8.78 Å². The molecule has 1 atom stereocenters. The van der Waals surface area contributed by atoms with Gasteiger partial charge in [0.2, 0.25) is 0 Å². The number of nitrogens with zero attached hydrogens (tertiary/aromatic N) is 3. The highest BCUT2D eigenvalue weighted by atomic mass is 32.2. The molecule has 0 bridgehead atoms. The van der Waals surface area contributed by atoms with Crippen molar-refractivity contribution in [2.24, 2.45) is 11.0 Å². The number of methoxy groups -OCH3 is 1. The first-order chi connectivity index (χ1) is 15.5. The van der Waals surface area contributed by atoms with Crippen LogP contribution in [0.1, 0.15) is 41.6 Å². The number of carbonyl (C=O) groups is 1. The molecule has 4 rings (SSSR count). The second kappa shape index (κ2) is 9.57. The molecule has 1 aromatic carbocycles. The first-order valence-electron chi connectivity index (χ1n) is 10.2. The molecule has 0 saturated heterocycles. The van der Waals surface area contributed by atoms with Gasteiger partial charge in [-0.25, -0.2) is 8.78 Å². The van der Waals surface area contributed by atoms with Crippen molar-refractivity contribution in [1.29, 1.82) is 0 Å². The number of carbonyl (C=O) groups excluding carboxylic acids is 1. The third-order valence-corrected chi connectivity index (χ3v) is 6.43. The Bertz CT molecular complexity index is 1110. The van der Waals surface area contributed by atoms with Crippen molar-refractivity contribution in [1.82, 2.24) is 15.3 Å². The van der Waals surface area contributed by atoms with Gasteiger partial charge >= 0.3 is 0 Å². The maximum atomic E-state index is 13.3. The Morgan fingerprint density at radius 1 is 1.28 bits per heavy atom. The van der Waals surface area contributed by atoms with E-state index >= 15 is 0 Å². The number of benzene rings is 1. The molecule has 0 spiro atoms. The molecule has 1 fully saturated rings. The Balaban J connectivity index is 1.56. The van der Waals surface area contributed by atoms with Gasteiger partial charge in [0.1, 0.15) is 5.75 Å². The van der Waals surface area contributed by atoms with Gasteiger partial charge in [-0.2, -0.15) is 5.10 Å². The summed E-state index contributed by atoms with van der Waals surface area (Å²) in [5.74, 6) is 6.91. The molecule has 2 aliphatic rings. The number of hydrazone groups is 1. The van der Waals surface area contributed by atoms with Crippen molar-refractivity contribution < 1.29 is 18.3 Å². The second-order valence-corrected chi connectivity index (χ2v) is 8.57. The third kappa shape index (κ3) is 4.70. The van der Waals surface area contributed by atoms with Crippen molar-refractivity contribution >= 4 is 22.8 Å². The summed E-state index contributed by atoms with van der Waals surface area (Å²) in [6.07, 6.45) is 3.80. The highest BCUT2D eigenvalue weighted by Gasteiger charge is 2.26. The quantitative estimate of drug-likeness (QED) is 0.686. The largest absolute Gasteiger partial charge is 0.496 e. The smallest absolute Gasteiger partial charge is 0.263 e. The van der Waals surface area contributed by atoms with E-state index in [1.54, 1.807) is 5.01 Å². The second-order valence-electron chi connectivity index (χ2n) is 7.50. The number of nitrogens with one attached hydrogen (secondary N) is 1. The summed E-state index contributed by atoms with van der Waals surface area (Å²) in [5, 5.41) is 9.16. The lowest BCUT2D eigenvalue weighted by atomic mass is 9.86. The average molecular weight is 457 g/mol. The lowest BCUT2D eigenvalue weighted by Gasteiger charge is -2.19. The van der Waals surface area contributed by atoms with E-state index in [9.17, 15) is 13.6 Å². The fraction of sp³-hybridized carbons (Fsp3) is 0.348. The first-order valence-corrected chi connectivity index (χ1v) is 11.0. The summed E-state index contributed by atoms with van der Waals surface area (Å²) < 4.78 is 31.9. The number of hydrogen-bond donors (Lipinski definition) is 1. The summed E-state index contributed by atoms with van der Waals surface area (Å²) in [4.78, 5) is 17.2. The fourth-order valence-corrected chi connectivity index (χ4v) is 4.23. The Labute approximate surface area is 189 Å². The summed E-state index contributed by atoms with van der Waals surface area (Å²) in [7, 11) is 3.26. The van der Waals surface area contributed by atoms with Gasteiger partial charge in [-0.05, 0) is 48.9 Å². The van der Waals surface area contributed by atoms with Crippen LogP contribution in [0.15, 0.2) is 41.8 Å². The zero-order chi connectivity index (χ0) is 22.7. The molecular weight excluding hydrogens is 434 g/mol. The zero-order valence-electron chi connectivity index (χ0n) is 17.6. The molecule has 1 amide bonds. The number of pyridine rings is 1. The molecular formula is C23H22F2N4O2S. The van der Waals surface area contributed by atoms with E-state index in [2.05, 4.69) is 27.2 Å². The van der Waals surface area contributed by atoms with Crippen LogP contribution in [0.3, 0.4) is 0 Å². The number of ether oxygens (including phenoxy) is 1. The first kappa shape index (κ1) is 22.1. The van der Waals surface area contributed by atoms with Crippen LogP contribution in [-0.4, -0.2) is 40.6 Å². The van der Waals surface area contributed by atoms with E-state index in [0.29, 0.717) is 28.0 Å². The summed E-state index contributed by atoms with van der Waals surface area (Å²) >= 11 is 1.36. The van der Waals surface area contributed by atoms with Crippen LogP contribution < -0.4 is 10.1 Å². The molecule has 1 N–H and O–H groups in total. The monoisotopic (exact) mass is 456 g/mol. The lowest BCUT2D eigenvalue weighted by Crippen LogP contribution is -2.28. The van der Waals surface area contributed by atoms with Crippen LogP contribution in [-0.2, 0) is 0 Å².